The molecule has 5 rings (SSSR count). The molecule has 4 aliphatic carbocycles. The third-order valence-corrected chi connectivity index (χ3v) is 5.91. The van der Waals surface area contributed by atoms with Gasteiger partial charge < -0.3 is 10.6 Å². The van der Waals surface area contributed by atoms with E-state index in [0.717, 1.165) is 42.1 Å². The third kappa shape index (κ3) is 2.05. The van der Waals surface area contributed by atoms with Crippen LogP contribution < -0.4 is 10.6 Å². The van der Waals surface area contributed by atoms with Crippen molar-refractivity contribution < 1.29 is 0 Å². The molecule has 1 aromatic heterocycles. The molecule has 1 heterocycles. The van der Waals surface area contributed by atoms with E-state index in [0.29, 0.717) is 5.69 Å². The van der Waals surface area contributed by atoms with E-state index < -0.39 is 0 Å². The molecule has 4 nitrogen and oxygen atoms in total. The van der Waals surface area contributed by atoms with Crippen LogP contribution in [0.4, 0.5) is 11.6 Å². The van der Waals surface area contributed by atoms with E-state index in [1.807, 2.05) is 0 Å². The molecule has 4 heteroatoms. The monoisotopic (exact) mass is 272 g/mol. The number of nitrogen functional groups attached to an aromatic ring is 1. The van der Waals surface area contributed by atoms with Gasteiger partial charge in [-0.15, -0.1) is 0 Å². The Labute approximate surface area is 120 Å². The highest BCUT2D eigenvalue weighted by atomic mass is 15.2. The molecule has 0 saturated heterocycles. The smallest absolute Gasteiger partial charge is 0.225 e. The lowest BCUT2D eigenvalue weighted by molar-refractivity contribution is -0.0326. The SMILES string of the molecule is CN(CC1C2CC3CC(C2)CC1C3)c1ncc(N)cn1. The van der Waals surface area contributed by atoms with Gasteiger partial charge in [-0.2, -0.15) is 0 Å². The summed E-state index contributed by atoms with van der Waals surface area (Å²) >= 11 is 0. The van der Waals surface area contributed by atoms with Crippen molar-refractivity contribution in [1.29, 1.82) is 0 Å². The van der Waals surface area contributed by atoms with E-state index in [1.165, 1.54) is 32.1 Å². The zero-order valence-corrected chi connectivity index (χ0v) is 12.2. The molecule has 0 spiro atoms. The van der Waals surface area contributed by atoms with E-state index in [4.69, 9.17) is 5.73 Å². The van der Waals surface area contributed by atoms with Crippen molar-refractivity contribution in [3.63, 3.8) is 0 Å². The highest BCUT2D eigenvalue weighted by molar-refractivity contribution is 5.37. The molecule has 0 aliphatic heterocycles. The van der Waals surface area contributed by atoms with Crippen molar-refractivity contribution in [3.8, 4) is 0 Å². The Morgan fingerprint density at radius 1 is 1.05 bits per heavy atom. The molecule has 4 bridgehead atoms. The number of hydrogen-bond donors (Lipinski definition) is 1. The van der Waals surface area contributed by atoms with Crippen LogP contribution in [-0.4, -0.2) is 23.6 Å². The highest BCUT2D eigenvalue weighted by Gasteiger charge is 2.48. The zero-order chi connectivity index (χ0) is 13.7. The quantitative estimate of drug-likeness (QED) is 0.919. The van der Waals surface area contributed by atoms with Crippen molar-refractivity contribution in [2.45, 2.75) is 32.1 Å². The molecular formula is C16H24N4. The Balaban J connectivity index is 1.47. The first-order valence-electron chi connectivity index (χ1n) is 7.97. The van der Waals surface area contributed by atoms with Gasteiger partial charge in [-0.3, -0.25) is 0 Å². The summed E-state index contributed by atoms with van der Waals surface area (Å²) in [6, 6.07) is 0. The fourth-order valence-electron chi connectivity index (χ4n) is 5.26. The summed E-state index contributed by atoms with van der Waals surface area (Å²) < 4.78 is 0. The standard InChI is InChI=1S/C16H24N4/c1-20(16-18-7-14(17)8-19-16)9-15-12-3-10-2-11(5-12)6-13(15)4-10/h7-8,10-13,15H,2-6,9,17H2,1H3. The van der Waals surface area contributed by atoms with Gasteiger partial charge in [0, 0.05) is 13.6 Å². The molecule has 0 atom stereocenters. The molecule has 20 heavy (non-hydrogen) atoms. The molecular weight excluding hydrogens is 248 g/mol. The molecule has 4 saturated carbocycles. The summed E-state index contributed by atoms with van der Waals surface area (Å²) in [5.41, 5.74) is 6.30. The molecule has 4 fully saturated rings. The number of anilines is 2. The van der Waals surface area contributed by atoms with E-state index in [1.54, 1.807) is 12.4 Å². The molecule has 2 N–H and O–H groups in total. The van der Waals surface area contributed by atoms with Gasteiger partial charge in [0.15, 0.2) is 0 Å². The van der Waals surface area contributed by atoms with Gasteiger partial charge in [0.1, 0.15) is 0 Å². The Bertz CT molecular complexity index is 456. The van der Waals surface area contributed by atoms with Crippen LogP contribution in [0.3, 0.4) is 0 Å². The van der Waals surface area contributed by atoms with Crippen LogP contribution >= 0.6 is 0 Å². The molecule has 0 amide bonds. The van der Waals surface area contributed by atoms with Gasteiger partial charge >= 0.3 is 0 Å². The van der Waals surface area contributed by atoms with Gasteiger partial charge in [-0.25, -0.2) is 9.97 Å². The topological polar surface area (TPSA) is 55.0 Å². The molecule has 1 aromatic rings. The maximum absolute atomic E-state index is 5.66. The maximum atomic E-state index is 5.66. The molecule has 0 unspecified atom stereocenters. The first-order valence-corrected chi connectivity index (χ1v) is 7.97. The average Bonchev–Trinajstić information content (AvgIpc) is 2.42. The summed E-state index contributed by atoms with van der Waals surface area (Å²) in [5.74, 6) is 5.69. The second-order valence-corrected chi connectivity index (χ2v) is 7.29. The Morgan fingerprint density at radius 2 is 1.60 bits per heavy atom. The zero-order valence-electron chi connectivity index (χ0n) is 12.2. The first kappa shape index (κ1) is 12.4. The average molecular weight is 272 g/mol. The predicted molar refractivity (Wildman–Crippen MR) is 80.2 cm³/mol. The van der Waals surface area contributed by atoms with Crippen LogP contribution in [0.25, 0.3) is 0 Å². The Hall–Kier alpha value is -1.32. The summed E-state index contributed by atoms with van der Waals surface area (Å²) in [6.45, 7) is 1.11. The summed E-state index contributed by atoms with van der Waals surface area (Å²) in [5, 5.41) is 0. The minimum absolute atomic E-state index is 0.636. The minimum atomic E-state index is 0.636. The lowest BCUT2D eigenvalue weighted by Crippen LogP contribution is -2.48. The number of hydrogen-bond acceptors (Lipinski definition) is 4. The van der Waals surface area contributed by atoms with Gasteiger partial charge in [0.25, 0.3) is 0 Å². The van der Waals surface area contributed by atoms with Crippen LogP contribution in [0.2, 0.25) is 0 Å². The maximum Gasteiger partial charge on any atom is 0.225 e. The summed E-state index contributed by atoms with van der Waals surface area (Å²) in [4.78, 5) is 10.9. The van der Waals surface area contributed by atoms with Crippen LogP contribution in [0, 0.1) is 29.6 Å². The summed E-state index contributed by atoms with van der Waals surface area (Å²) in [7, 11) is 2.12. The second-order valence-electron chi connectivity index (χ2n) is 7.29. The first-order chi connectivity index (χ1) is 9.69. The second kappa shape index (κ2) is 4.61. The fraction of sp³-hybridized carbons (Fsp3) is 0.750. The molecule has 0 radical (unpaired) electrons. The largest absolute Gasteiger partial charge is 0.396 e. The summed E-state index contributed by atoms with van der Waals surface area (Å²) in [6.07, 6.45) is 10.9. The van der Waals surface area contributed by atoms with E-state index in [-0.39, 0.29) is 0 Å². The van der Waals surface area contributed by atoms with Crippen molar-refractivity contribution in [3.05, 3.63) is 12.4 Å². The molecule has 108 valence electrons. The van der Waals surface area contributed by atoms with Crippen molar-refractivity contribution in [1.82, 2.24) is 9.97 Å². The van der Waals surface area contributed by atoms with Gasteiger partial charge in [0.05, 0.1) is 18.1 Å². The van der Waals surface area contributed by atoms with Crippen molar-refractivity contribution >= 4 is 11.6 Å². The van der Waals surface area contributed by atoms with Gasteiger partial charge in [-0.05, 0) is 61.7 Å². The van der Waals surface area contributed by atoms with Crippen LogP contribution in [-0.2, 0) is 0 Å². The van der Waals surface area contributed by atoms with E-state index in [2.05, 4.69) is 21.9 Å². The number of aromatic nitrogens is 2. The van der Waals surface area contributed by atoms with Gasteiger partial charge in [0.2, 0.25) is 5.95 Å². The Kier molecular flexibility index (Phi) is 2.86. The van der Waals surface area contributed by atoms with Gasteiger partial charge in [-0.1, -0.05) is 0 Å². The lowest BCUT2D eigenvalue weighted by Gasteiger charge is -2.55. The lowest BCUT2D eigenvalue weighted by atomic mass is 9.52. The van der Waals surface area contributed by atoms with E-state index >= 15 is 0 Å². The molecule has 0 aromatic carbocycles. The molecule has 4 aliphatic rings. The number of nitrogens with two attached hydrogens (primary N) is 1. The van der Waals surface area contributed by atoms with Crippen LogP contribution in [0.5, 0.6) is 0 Å². The van der Waals surface area contributed by atoms with Crippen LogP contribution in [0.15, 0.2) is 12.4 Å². The van der Waals surface area contributed by atoms with E-state index in [9.17, 15) is 0 Å². The number of nitrogens with zero attached hydrogens (tertiary/aromatic N) is 3. The predicted octanol–water partition coefficient (Wildman–Crippen LogP) is 2.57. The van der Waals surface area contributed by atoms with Crippen molar-refractivity contribution in [2.75, 3.05) is 24.2 Å². The Morgan fingerprint density at radius 3 is 2.15 bits per heavy atom. The fourth-order valence-corrected chi connectivity index (χ4v) is 5.26. The normalized spacial score (nSPS) is 38.1. The van der Waals surface area contributed by atoms with Crippen molar-refractivity contribution in [2.24, 2.45) is 29.6 Å². The minimum Gasteiger partial charge on any atom is -0.396 e. The number of rotatable bonds is 3. The third-order valence-electron chi connectivity index (χ3n) is 5.91. The highest BCUT2D eigenvalue weighted by Crippen LogP contribution is 2.56. The van der Waals surface area contributed by atoms with Crippen LogP contribution in [0.1, 0.15) is 32.1 Å².